The molecule has 1 aliphatic heterocycles. The molecule has 5 nitrogen and oxygen atoms in total. The van der Waals surface area contributed by atoms with Gasteiger partial charge >= 0.3 is 0 Å². The monoisotopic (exact) mass is 251 g/mol. The van der Waals surface area contributed by atoms with Crippen molar-refractivity contribution in [2.75, 3.05) is 19.6 Å². The number of hydrogen-bond acceptors (Lipinski definition) is 4. The summed E-state index contributed by atoms with van der Waals surface area (Å²) in [6, 6.07) is 0.558. The molecule has 102 valence electrons. The Morgan fingerprint density at radius 1 is 1.33 bits per heavy atom. The molecule has 1 aromatic rings. The van der Waals surface area contributed by atoms with Crippen molar-refractivity contribution in [3.63, 3.8) is 0 Å². The quantitative estimate of drug-likeness (QED) is 0.770. The van der Waals surface area contributed by atoms with Gasteiger partial charge in [-0.05, 0) is 25.8 Å². The minimum absolute atomic E-state index is 0.558. The fraction of sp³-hybridized carbons (Fsp3) is 0.846. The zero-order chi connectivity index (χ0) is 13.0. The van der Waals surface area contributed by atoms with Gasteiger partial charge in [0.05, 0.1) is 6.54 Å². The minimum Gasteiger partial charge on any atom is -0.315 e. The number of nitrogens with one attached hydrogen (secondary N) is 1. The SMILES string of the molecule is CC(C)CCNCC(C)N1CCn2cnnc2C1. The predicted molar refractivity (Wildman–Crippen MR) is 72.2 cm³/mol. The highest BCUT2D eigenvalue weighted by Crippen LogP contribution is 2.11. The van der Waals surface area contributed by atoms with Gasteiger partial charge in [0.15, 0.2) is 0 Å². The molecule has 0 aromatic carbocycles. The van der Waals surface area contributed by atoms with E-state index in [0.29, 0.717) is 6.04 Å². The van der Waals surface area contributed by atoms with Crippen molar-refractivity contribution in [2.45, 2.75) is 46.3 Å². The molecule has 0 bridgehead atoms. The van der Waals surface area contributed by atoms with Crippen molar-refractivity contribution in [3.05, 3.63) is 12.2 Å². The van der Waals surface area contributed by atoms with Crippen LogP contribution in [0.5, 0.6) is 0 Å². The molecule has 0 saturated heterocycles. The Bertz CT molecular complexity index is 360. The third kappa shape index (κ3) is 3.53. The lowest BCUT2D eigenvalue weighted by atomic mass is 10.1. The average molecular weight is 251 g/mol. The molecule has 0 radical (unpaired) electrons. The zero-order valence-electron chi connectivity index (χ0n) is 11.8. The van der Waals surface area contributed by atoms with Crippen LogP contribution in [0, 0.1) is 5.92 Å². The van der Waals surface area contributed by atoms with Gasteiger partial charge in [0.2, 0.25) is 0 Å². The van der Waals surface area contributed by atoms with Gasteiger partial charge in [-0.3, -0.25) is 4.90 Å². The van der Waals surface area contributed by atoms with E-state index in [9.17, 15) is 0 Å². The topological polar surface area (TPSA) is 46.0 Å². The highest BCUT2D eigenvalue weighted by Gasteiger charge is 2.21. The lowest BCUT2D eigenvalue weighted by Gasteiger charge is -2.32. The largest absolute Gasteiger partial charge is 0.315 e. The highest BCUT2D eigenvalue weighted by atomic mass is 15.3. The lowest BCUT2D eigenvalue weighted by molar-refractivity contribution is 0.159. The minimum atomic E-state index is 0.558. The summed E-state index contributed by atoms with van der Waals surface area (Å²) in [5.41, 5.74) is 0. The predicted octanol–water partition coefficient (Wildman–Crippen LogP) is 1.12. The zero-order valence-corrected chi connectivity index (χ0v) is 11.8. The Morgan fingerprint density at radius 2 is 2.17 bits per heavy atom. The summed E-state index contributed by atoms with van der Waals surface area (Å²) < 4.78 is 2.15. The first kappa shape index (κ1) is 13.5. The van der Waals surface area contributed by atoms with E-state index in [2.05, 4.69) is 45.8 Å². The molecule has 0 aliphatic carbocycles. The first-order valence-electron chi connectivity index (χ1n) is 6.98. The Hall–Kier alpha value is -0.940. The summed E-state index contributed by atoms with van der Waals surface area (Å²) in [4.78, 5) is 2.48. The molecule has 1 aliphatic rings. The third-order valence-corrected chi connectivity index (χ3v) is 3.63. The van der Waals surface area contributed by atoms with Crippen molar-refractivity contribution < 1.29 is 0 Å². The summed E-state index contributed by atoms with van der Waals surface area (Å²) in [7, 11) is 0. The van der Waals surface area contributed by atoms with Gasteiger partial charge in [-0.1, -0.05) is 13.8 Å². The molecule has 0 saturated carbocycles. The van der Waals surface area contributed by atoms with Crippen LogP contribution in [0.25, 0.3) is 0 Å². The van der Waals surface area contributed by atoms with Gasteiger partial charge in [-0.2, -0.15) is 0 Å². The highest BCUT2D eigenvalue weighted by molar-refractivity contribution is 4.91. The summed E-state index contributed by atoms with van der Waals surface area (Å²) in [6.45, 7) is 12.0. The maximum Gasteiger partial charge on any atom is 0.147 e. The van der Waals surface area contributed by atoms with Gasteiger partial charge in [0.1, 0.15) is 12.2 Å². The van der Waals surface area contributed by atoms with Crippen LogP contribution in [-0.2, 0) is 13.1 Å². The molecule has 1 aromatic heterocycles. The molecule has 1 N–H and O–H groups in total. The number of rotatable bonds is 6. The van der Waals surface area contributed by atoms with E-state index in [1.54, 1.807) is 0 Å². The van der Waals surface area contributed by atoms with Gasteiger partial charge in [0.25, 0.3) is 0 Å². The molecule has 5 heteroatoms. The molecular formula is C13H25N5. The van der Waals surface area contributed by atoms with Crippen molar-refractivity contribution in [1.82, 2.24) is 25.0 Å². The Balaban J connectivity index is 1.72. The summed E-state index contributed by atoms with van der Waals surface area (Å²) in [6.07, 6.45) is 3.08. The van der Waals surface area contributed by atoms with Crippen molar-refractivity contribution in [3.8, 4) is 0 Å². The van der Waals surface area contributed by atoms with Crippen LogP contribution in [0.3, 0.4) is 0 Å². The Labute approximate surface area is 110 Å². The molecule has 0 fully saturated rings. The van der Waals surface area contributed by atoms with Gasteiger partial charge in [0, 0.05) is 25.7 Å². The number of nitrogens with zero attached hydrogens (tertiary/aromatic N) is 4. The molecular weight excluding hydrogens is 226 g/mol. The molecule has 0 spiro atoms. The number of aromatic nitrogens is 3. The van der Waals surface area contributed by atoms with Gasteiger partial charge in [-0.25, -0.2) is 0 Å². The fourth-order valence-electron chi connectivity index (χ4n) is 2.29. The van der Waals surface area contributed by atoms with Crippen LogP contribution in [0.1, 0.15) is 33.0 Å². The second-order valence-electron chi connectivity index (χ2n) is 5.65. The average Bonchev–Trinajstić information content (AvgIpc) is 2.81. The maximum absolute atomic E-state index is 4.16. The van der Waals surface area contributed by atoms with E-state index in [1.807, 2.05) is 6.33 Å². The number of hydrogen-bond donors (Lipinski definition) is 1. The second-order valence-corrected chi connectivity index (χ2v) is 5.65. The lowest BCUT2D eigenvalue weighted by Crippen LogP contribution is -2.44. The van der Waals surface area contributed by atoms with E-state index in [4.69, 9.17) is 0 Å². The van der Waals surface area contributed by atoms with Crippen molar-refractivity contribution in [1.29, 1.82) is 0 Å². The number of fused-ring (bicyclic) bond motifs is 1. The van der Waals surface area contributed by atoms with Crippen molar-refractivity contribution in [2.24, 2.45) is 5.92 Å². The molecule has 0 amide bonds. The molecule has 1 atom stereocenters. The van der Waals surface area contributed by atoms with E-state index in [1.165, 1.54) is 6.42 Å². The van der Waals surface area contributed by atoms with Crippen LogP contribution >= 0.6 is 0 Å². The Morgan fingerprint density at radius 3 is 2.94 bits per heavy atom. The van der Waals surface area contributed by atoms with Gasteiger partial charge < -0.3 is 9.88 Å². The second kappa shape index (κ2) is 6.29. The van der Waals surface area contributed by atoms with E-state index >= 15 is 0 Å². The first-order chi connectivity index (χ1) is 8.66. The molecule has 2 rings (SSSR count). The van der Waals surface area contributed by atoms with E-state index < -0.39 is 0 Å². The van der Waals surface area contributed by atoms with E-state index in [0.717, 1.165) is 44.5 Å². The third-order valence-electron chi connectivity index (χ3n) is 3.63. The molecule has 2 heterocycles. The van der Waals surface area contributed by atoms with Crippen LogP contribution in [0.15, 0.2) is 6.33 Å². The first-order valence-corrected chi connectivity index (χ1v) is 6.98. The normalized spacial score (nSPS) is 18.0. The van der Waals surface area contributed by atoms with Crippen LogP contribution in [-0.4, -0.2) is 45.3 Å². The van der Waals surface area contributed by atoms with Crippen molar-refractivity contribution >= 4 is 0 Å². The van der Waals surface area contributed by atoms with E-state index in [-0.39, 0.29) is 0 Å². The van der Waals surface area contributed by atoms with Crippen LogP contribution in [0.2, 0.25) is 0 Å². The van der Waals surface area contributed by atoms with Gasteiger partial charge in [-0.15, -0.1) is 10.2 Å². The summed E-state index contributed by atoms with van der Waals surface area (Å²) in [5, 5.41) is 11.7. The maximum atomic E-state index is 4.16. The van der Waals surface area contributed by atoms with Crippen LogP contribution in [0.4, 0.5) is 0 Å². The summed E-state index contributed by atoms with van der Waals surface area (Å²) in [5.74, 6) is 1.87. The summed E-state index contributed by atoms with van der Waals surface area (Å²) >= 11 is 0. The standard InChI is InChI=1S/C13H25N5/c1-11(2)4-5-14-8-12(3)17-6-7-18-10-15-16-13(18)9-17/h10-12,14H,4-9H2,1-3H3. The molecule has 1 unspecified atom stereocenters. The Kier molecular flexibility index (Phi) is 4.72. The smallest absolute Gasteiger partial charge is 0.147 e. The fourth-order valence-corrected chi connectivity index (χ4v) is 2.29. The van der Waals surface area contributed by atoms with Crippen LogP contribution < -0.4 is 5.32 Å². The molecule has 18 heavy (non-hydrogen) atoms.